The van der Waals surface area contributed by atoms with Gasteiger partial charge < -0.3 is 14.6 Å². The lowest BCUT2D eigenvalue weighted by molar-refractivity contribution is 0.178. The van der Waals surface area contributed by atoms with Crippen LogP contribution >= 0.6 is 23.2 Å². The van der Waals surface area contributed by atoms with Gasteiger partial charge in [-0.25, -0.2) is 4.98 Å². The van der Waals surface area contributed by atoms with Gasteiger partial charge in [-0.15, -0.1) is 0 Å². The van der Waals surface area contributed by atoms with Gasteiger partial charge in [-0.2, -0.15) is 0 Å². The number of hydrogen-bond acceptors (Lipinski definition) is 4. The van der Waals surface area contributed by atoms with E-state index >= 15 is 0 Å². The van der Waals surface area contributed by atoms with Crippen molar-refractivity contribution in [1.82, 2.24) is 9.88 Å². The molecule has 0 amide bonds. The highest BCUT2D eigenvalue weighted by atomic mass is 35.5. The first-order valence-corrected chi connectivity index (χ1v) is 10.6. The summed E-state index contributed by atoms with van der Waals surface area (Å²) < 4.78 is 5.86. The minimum Gasteiger partial charge on any atom is -0.439 e. The molecule has 5 nitrogen and oxygen atoms in total. The number of para-hydroxylation sites is 2. The van der Waals surface area contributed by atoms with Crippen LogP contribution in [0, 0.1) is 5.41 Å². The number of oxazole rings is 1. The Morgan fingerprint density at radius 2 is 1.93 bits per heavy atom. The highest BCUT2D eigenvalue weighted by Crippen LogP contribution is 2.44. The van der Waals surface area contributed by atoms with Crippen molar-refractivity contribution in [2.24, 2.45) is 10.4 Å². The van der Waals surface area contributed by atoms with E-state index in [-0.39, 0.29) is 5.41 Å². The SMILES string of the molecule is CN1CCC2(CC1)Cc1cc(Cl)c(Cl)cc1NC2=NCc1nc2ccccc2o1. The van der Waals surface area contributed by atoms with Crippen LogP contribution < -0.4 is 5.32 Å². The lowest BCUT2D eigenvalue weighted by Crippen LogP contribution is -2.49. The van der Waals surface area contributed by atoms with Crippen molar-refractivity contribution in [3.8, 4) is 0 Å². The molecule has 2 aliphatic heterocycles. The monoisotopic (exact) mass is 428 g/mol. The summed E-state index contributed by atoms with van der Waals surface area (Å²) in [5, 5.41) is 4.71. The first kappa shape index (κ1) is 18.9. The quantitative estimate of drug-likeness (QED) is 0.592. The van der Waals surface area contributed by atoms with Crippen LogP contribution in [0.1, 0.15) is 24.3 Å². The lowest BCUT2D eigenvalue weighted by atomic mass is 9.70. The topological polar surface area (TPSA) is 53.7 Å². The van der Waals surface area contributed by atoms with E-state index in [4.69, 9.17) is 32.6 Å². The Hall–Kier alpha value is -2.08. The fourth-order valence-electron chi connectivity index (χ4n) is 4.36. The van der Waals surface area contributed by atoms with Crippen LogP contribution in [0.2, 0.25) is 10.0 Å². The van der Waals surface area contributed by atoms with E-state index < -0.39 is 0 Å². The normalized spacial score (nSPS) is 20.2. The number of aliphatic imine (C=N–C) groups is 1. The van der Waals surface area contributed by atoms with Gasteiger partial charge in [-0.3, -0.25) is 4.99 Å². The van der Waals surface area contributed by atoms with Crippen molar-refractivity contribution in [3.05, 3.63) is 57.9 Å². The molecule has 3 aromatic rings. The molecule has 0 unspecified atom stereocenters. The lowest BCUT2D eigenvalue weighted by Gasteiger charge is -2.45. The number of fused-ring (bicyclic) bond motifs is 2. The Balaban J connectivity index is 1.50. The van der Waals surface area contributed by atoms with Crippen molar-refractivity contribution < 1.29 is 4.42 Å². The van der Waals surface area contributed by atoms with Crippen LogP contribution in [0.5, 0.6) is 0 Å². The van der Waals surface area contributed by atoms with Crippen LogP contribution in [-0.4, -0.2) is 35.9 Å². The molecule has 1 fully saturated rings. The molecule has 0 atom stereocenters. The number of aromatic nitrogens is 1. The van der Waals surface area contributed by atoms with Gasteiger partial charge in [0.15, 0.2) is 5.58 Å². The number of piperidine rings is 1. The van der Waals surface area contributed by atoms with Gasteiger partial charge >= 0.3 is 0 Å². The van der Waals surface area contributed by atoms with Crippen molar-refractivity contribution in [2.75, 3.05) is 25.5 Å². The zero-order valence-corrected chi connectivity index (χ0v) is 17.7. The van der Waals surface area contributed by atoms with Crippen LogP contribution in [0.25, 0.3) is 11.1 Å². The standard InChI is InChI=1S/C22H22Cl2N4O/c1-28-8-6-22(7-9-28)12-14-10-15(23)16(24)11-18(14)27-21(22)25-13-20-26-17-4-2-3-5-19(17)29-20/h2-5,10-11H,6-9,12-13H2,1H3,(H,25,27). The van der Waals surface area contributed by atoms with E-state index in [0.717, 1.165) is 55.0 Å². The third kappa shape index (κ3) is 3.52. The van der Waals surface area contributed by atoms with Gasteiger partial charge in [0.05, 0.1) is 10.0 Å². The highest BCUT2D eigenvalue weighted by molar-refractivity contribution is 6.42. The minimum absolute atomic E-state index is 0.0251. The molecule has 0 radical (unpaired) electrons. The van der Waals surface area contributed by atoms with Crippen LogP contribution in [0.4, 0.5) is 5.69 Å². The van der Waals surface area contributed by atoms with Crippen molar-refractivity contribution in [2.45, 2.75) is 25.8 Å². The van der Waals surface area contributed by atoms with Gasteiger partial charge in [-0.1, -0.05) is 35.3 Å². The maximum atomic E-state index is 6.29. The molecule has 150 valence electrons. The summed E-state index contributed by atoms with van der Waals surface area (Å²) in [6, 6.07) is 11.7. The number of anilines is 1. The number of nitrogens with zero attached hydrogens (tertiary/aromatic N) is 3. The third-order valence-electron chi connectivity index (χ3n) is 6.09. The molecule has 2 aromatic carbocycles. The summed E-state index contributed by atoms with van der Waals surface area (Å²) >= 11 is 12.6. The largest absolute Gasteiger partial charge is 0.439 e. The maximum Gasteiger partial charge on any atom is 0.217 e. The van der Waals surface area contributed by atoms with E-state index in [9.17, 15) is 0 Å². The smallest absolute Gasteiger partial charge is 0.217 e. The van der Waals surface area contributed by atoms with Crippen LogP contribution in [0.15, 0.2) is 45.8 Å². The van der Waals surface area contributed by atoms with Crippen molar-refractivity contribution in [3.63, 3.8) is 0 Å². The maximum absolute atomic E-state index is 6.29. The molecule has 1 aromatic heterocycles. The van der Waals surface area contributed by atoms with E-state index in [1.165, 1.54) is 5.56 Å². The zero-order valence-electron chi connectivity index (χ0n) is 16.2. The number of benzene rings is 2. The average molecular weight is 429 g/mol. The number of rotatable bonds is 2. The molecule has 1 N–H and O–H groups in total. The van der Waals surface area contributed by atoms with E-state index in [1.807, 2.05) is 36.4 Å². The van der Waals surface area contributed by atoms with E-state index in [0.29, 0.717) is 22.5 Å². The summed E-state index contributed by atoms with van der Waals surface area (Å²) in [6.45, 7) is 2.49. The number of halogens is 2. The van der Waals surface area contributed by atoms with E-state index in [1.54, 1.807) is 0 Å². The van der Waals surface area contributed by atoms with Gasteiger partial charge in [-0.05, 0) is 69.2 Å². The molecule has 0 bridgehead atoms. The van der Waals surface area contributed by atoms with Gasteiger partial charge in [0, 0.05) is 11.1 Å². The Morgan fingerprint density at radius 3 is 2.72 bits per heavy atom. The number of nitrogens with one attached hydrogen (secondary N) is 1. The Morgan fingerprint density at radius 1 is 1.17 bits per heavy atom. The number of hydrogen-bond donors (Lipinski definition) is 1. The predicted molar refractivity (Wildman–Crippen MR) is 118 cm³/mol. The van der Waals surface area contributed by atoms with Gasteiger partial charge in [0.25, 0.3) is 0 Å². The Bertz CT molecular complexity index is 1070. The molecule has 0 aliphatic carbocycles. The Labute approximate surface area is 179 Å². The van der Waals surface area contributed by atoms with Crippen molar-refractivity contribution >= 4 is 45.8 Å². The van der Waals surface area contributed by atoms with Crippen molar-refractivity contribution in [1.29, 1.82) is 0 Å². The third-order valence-corrected chi connectivity index (χ3v) is 6.81. The van der Waals surface area contributed by atoms with Gasteiger partial charge in [0.2, 0.25) is 5.89 Å². The molecule has 5 rings (SSSR count). The molecule has 2 aliphatic rings. The molecular weight excluding hydrogens is 407 g/mol. The first-order valence-electron chi connectivity index (χ1n) is 9.85. The molecular formula is C22H22Cl2N4O. The summed E-state index contributed by atoms with van der Waals surface area (Å²) in [5.74, 6) is 1.63. The average Bonchev–Trinajstić information content (AvgIpc) is 3.13. The van der Waals surface area contributed by atoms with E-state index in [2.05, 4.69) is 22.2 Å². The minimum atomic E-state index is -0.0251. The highest BCUT2D eigenvalue weighted by Gasteiger charge is 2.42. The van der Waals surface area contributed by atoms with Gasteiger partial charge in [0.1, 0.15) is 17.9 Å². The first-order chi connectivity index (χ1) is 14.0. The molecule has 7 heteroatoms. The number of likely N-dealkylation sites (tertiary alicyclic amines) is 1. The molecule has 1 saturated heterocycles. The Kier molecular flexibility index (Phi) is 4.77. The predicted octanol–water partition coefficient (Wildman–Crippen LogP) is 5.41. The van der Waals surface area contributed by atoms with Crippen LogP contribution in [0.3, 0.4) is 0 Å². The second-order valence-electron chi connectivity index (χ2n) is 8.05. The molecule has 1 spiro atoms. The fourth-order valence-corrected chi connectivity index (χ4v) is 4.71. The molecule has 29 heavy (non-hydrogen) atoms. The van der Waals surface area contributed by atoms with Crippen LogP contribution in [-0.2, 0) is 13.0 Å². The summed E-state index contributed by atoms with van der Waals surface area (Å²) in [6.07, 6.45) is 3.00. The molecule has 3 heterocycles. The fraction of sp³-hybridized carbons (Fsp3) is 0.364. The summed E-state index contributed by atoms with van der Waals surface area (Å²) in [5.41, 5.74) is 3.81. The molecule has 0 saturated carbocycles. The second-order valence-corrected chi connectivity index (χ2v) is 8.86. The number of amidine groups is 1. The summed E-state index contributed by atoms with van der Waals surface area (Å²) in [7, 11) is 2.17. The zero-order chi connectivity index (χ0) is 20.0. The summed E-state index contributed by atoms with van der Waals surface area (Å²) in [4.78, 5) is 11.9. The second kappa shape index (κ2) is 7.31.